The van der Waals surface area contributed by atoms with E-state index >= 15 is 0 Å². The van der Waals surface area contributed by atoms with E-state index in [2.05, 4.69) is 31.2 Å². The van der Waals surface area contributed by atoms with Crippen LogP contribution in [0.15, 0.2) is 42.5 Å². The van der Waals surface area contributed by atoms with E-state index < -0.39 is 6.09 Å². The van der Waals surface area contributed by atoms with Crippen molar-refractivity contribution in [1.82, 2.24) is 15.1 Å². The number of nitrogens with two attached hydrogens (primary N) is 1. The summed E-state index contributed by atoms with van der Waals surface area (Å²) in [4.78, 5) is 10.9. The van der Waals surface area contributed by atoms with E-state index in [9.17, 15) is 4.79 Å². The van der Waals surface area contributed by atoms with Gasteiger partial charge in [-0.3, -0.25) is 0 Å². The lowest BCUT2D eigenvalue weighted by Crippen LogP contribution is -2.20. The third-order valence-corrected chi connectivity index (χ3v) is 4.11. The van der Waals surface area contributed by atoms with Gasteiger partial charge in [-0.2, -0.15) is 5.10 Å². The van der Waals surface area contributed by atoms with Crippen LogP contribution >= 0.6 is 0 Å². The van der Waals surface area contributed by atoms with Crippen molar-refractivity contribution in [2.75, 3.05) is 5.73 Å². The lowest BCUT2D eigenvalue weighted by atomic mass is 9.92. The molecule has 0 spiro atoms. The largest absolute Gasteiger partial charge is 0.465 e. The molecule has 3 rings (SSSR count). The topological polar surface area (TPSA) is 93.2 Å². The highest BCUT2D eigenvalue weighted by Gasteiger charge is 2.20. The number of anilines is 1. The van der Waals surface area contributed by atoms with Crippen molar-refractivity contribution in [2.45, 2.75) is 32.7 Å². The third-order valence-electron chi connectivity index (χ3n) is 4.11. The predicted octanol–water partition coefficient (Wildman–Crippen LogP) is 3.67. The maximum absolute atomic E-state index is 10.9. The number of amides is 1. The molecule has 0 fully saturated rings. The van der Waals surface area contributed by atoms with Crippen LogP contribution in [0.1, 0.15) is 32.0 Å². The van der Waals surface area contributed by atoms with Crippen LogP contribution < -0.4 is 11.1 Å². The van der Waals surface area contributed by atoms with Gasteiger partial charge in [0.05, 0.1) is 11.4 Å². The standard InChI is InChI=1S/C19H22N4O2/c1-19(2,3)16-10-17(20)23(22-16)14-8-12-6-4-5-7-15(12)13(9-14)11-21-18(24)25/h4-10,21H,11,20H2,1-3H3,(H,24,25). The lowest BCUT2D eigenvalue weighted by molar-refractivity contribution is 0.194. The van der Waals surface area contributed by atoms with Crippen molar-refractivity contribution in [3.05, 3.63) is 53.7 Å². The Labute approximate surface area is 146 Å². The van der Waals surface area contributed by atoms with Gasteiger partial charge in [0.1, 0.15) is 5.82 Å². The maximum Gasteiger partial charge on any atom is 0.404 e. The van der Waals surface area contributed by atoms with Gasteiger partial charge in [0.2, 0.25) is 0 Å². The first-order valence-electron chi connectivity index (χ1n) is 8.10. The third kappa shape index (κ3) is 3.42. The van der Waals surface area contributed by atoms with Crippen LogP contribution in [-0.2, 0) is 12.0 Å². The van der Waals surface area contributed by atoms with E-state index in [1.807, 2.05) is 42.5 Å². The molecule has 1 heterocycles. The van der Waals surface area contributed by atoms with Gasteiger partial charge in [-0.05, 0) is 28.5 Å². The quantitative estimate of drug-likeness (QED) is 0.679. The smallest absolute Gasteiger partial charge is 0.404 e. The molecule has 6 heteroatoms. The highest BCUT2D eigenvalue weighted by atomic mass is 16.4. The number of carbonyl (C=O) groups is 1. The molecule has 0 saturated heterocycles. The fraction of sp³-hybridized carbons (Fsp3) is 0.263. The van der Waals surface area contributed by atoms with Crippen LogP contribution in [0.25, 0.3) is 16.5 Å². The first-order chi connectivity index (χ1) is 11.8. The van der Waals surface area contributed by atoms with E-state index in [4.69, 9.17) is 10.8 Å². The first-order valence-corrected chi connectivity index (χ1v) is 8.10. The molecular formula is C19H22N4O2. The number of carboxylic acid groups (broad SMARTS) is 1. The SMILES string of the molecule is CC(C)(C)c1cc(N)n(-c2cc(CNC(=O)O)c3ccccc3c2)n1. The van der Waals surface area contributed by atoms with Crippen LogP contribution in [0.4, 0.5) is 10.6 Å². The second kappa shape index (κ2) is 6.12. The van der Waals surface area contributed by atoms with Crippen LogP contribution in [0, 0.1) is 0 Å². The predicted molar refractivity (Wildman–Crippen MR) is 99.0 cm³/mol. The Bertz CT molecular complexity index is 938. The molecule has 0 bridgehead atoms. The Hall–Kier alpha value is -3.02. The molecule has 3 aromatic rings. The second-order valence-electron chi connectivity index (χ2n) is 7.10. The minimum Gasteiger partial charge on any atom is -0.465 e. The molecule has 25 heavy (non-hydrogen) atoms. The number of hydrogen-bond acceptors (Lipinski definition) is 3. The number of nitrogen functional groups attached to an aromatic ring is 1. The summed E-state index contributed by atoms with van der Waals surface area (Å²) in [5.74, 6) is 0.553. The summed E-state index contributed by atoms with van der Waals surface area (Å²) < 4.78 is 1.71. The van der Waals surface area contributed by atoms with Gasteiger partial charge >= 0.3 is 6.09 Å². The van der Waals surface area contributed by atoms with Crippen LogP contribution in [-0.4, -0.2) is 21.0 Å². The molecule has 4 N–H and O–H groups in total. The van der Waals surface area contributed by atoms with E-state index in [1.54, 1.807) is 4.68 Å². The number of fused-ring (bicyclic) bond motifs is 1. The number of benzene rings is 2. The van der Waals surface area contributed by atoms with Crippen molar-refractivity contribution in [3.63, 3.8) is 0 Å². The molecule has 1 amide bonds. The maximum atomic E-state index is 10.9. The van der Waals surface area contributed by atoms with Crippen LogP contribution in [0.2, 0.25) is 0 Å². The summed E-state index contributed by atoms with van der Waals surface area (Å²) in [6, 6.07) is 13.7. The fourth-order valence-corrected chi connectivity index (χ4v) is 2.78. The Morgan fingerprint density at radius 2 is 1.96 bits per heavy atom. The fourth-order valence-electron chi connectivity index (χ4n) is 2.78. The van der Waals surface area contributed by atoms with Crippen molar-refractivity contribution in [2.24, 2.45) is 0 Å². The summed E-state index contributed by atoms with van der Waals surface area (Å²) in [6.07, 6.45) is -1.05. The Kier molecular flexibility index (Phi) is 4.12. The zero-order valence-electron chi connectivity index (χ0n) is 14.6. The molecule has 0 aliphatic carbocycles. The van der Waals surface area contributed by atoms with Gasteiger partial charge in [-0.15, -0.1) is 0 Å². The Balaban J connectivity index is 2.14. The summed E-state index contributed by atoms with van der Waals surface area (Å²) >= 11 is 0. The summed E-state index contributed by atoms with van der Waals surface area (Å²) in [5.41, 5.74) is 8.67. The lowest BCUT2D eigenvalue weighted by Gasteiger charge is -2.14. The minimum absolute atomic E-state index is 0.107. The average molecular weight is 338 g/mol. The molecule has 0 atom stereocenters. The molecule has 0 radical (unpaired) electrons. The molecule has 0 aliphatic heterocycles. The molecular weight excluding hydrogens is 316 g/mol. The molecule has 0 saturated carbocycles. The highest BCUT2D eigenvalue weighted by Crippen LogP contribution is 2.28. The van der Waals surface area contributed by atoms with Gasteiger partial charge < -0.3 is 16.2 Å². The molecule has 0 unspecified atom stereocenters. The number of aromatic nitrogens is 2. The van der Waals surface area contributed by atoms with Crippen molar-refractivity contribution >= 4 is 22.7 Å². The summed E-state index contributed by atoms with van der Waals surface area (Å²) in [5, 5.41) is 18.0. The summed E-state index contributed by atoms with van der Waals surface area (Å²) in [6.45, 7) is 6.47. The zero-order valence-corrected chi connectivity index (χ0v) is 14.6. The zero-order chi connectivity index (χ0) is 18.2. The van der Waals surface area contributed by atoms with Gasteiger partial charge in [-0.1, -0.05) is 45.0 Å². The van der Waals surface area contributed by atoms with Gasteiger partial charge in [-0.25, -0.2) is 9.48 Å². The Morgan fingerprint density at radius 1 is 1.24 bits per heavy atom. The molecule has 2 aromatic carbocycles. The van der Waals surface area contributed by atoms with Crippen molar-refractivity contribution in [3.8, 4) is 5.69 Å². The van der Waals surface area contributed by atoms with E-state index in [1.165, 1.54) is 0 Å². The summed E-state index contributed by atoms with van der Waals surface area (Å²) in [7, 11) is 0. The highest BCUT2D eigenvalue weighted by molar-refractivity contribution is 5.88. The van der Waals surface area contributed by atoms with E-state index in [-0.39, 0.29) is 12.0 Å². The van der Waals surface area contributed by atoms with Gasteiger partial charge in [0.25, 0.3) is 0 Å². The Morgan fingerprint density at radius 3 is 2.60 bits per heavy atom. The van der Waals surface area contributed by atoms with E-state index in [0.29, 0.717) is 5.82 Å². The van der Waals surface area contributed by atoms with Crippen molar-refractivity contribution in [1.29, 1.82) is 0 Å². The number of hydrogen-bond donors (Lipinski definition) is 3. The molecule has 0 aliphatic rings. The monoisotopic (exact) mass is 338 g/mol. The number of rotatable bonds is 3. The van der Waals surface area contributed by atoms with E-state index in [0.717, 1.165) is 27.7 Å². The molecule has 130 valence electrons. The van der Waals surface area contributed by atoms with Crippen LogP contribution in [0.5, 0.6) is 0 Å². The van der Waals surface area contributed by atoms with Gasteiger partial charge in [0.15, 0.2) is 0 Å². The first kappa shape index (κ1) is 16.8. The average Bonchev–Trinajstić information content (AvgIpc) is 2.94. The molecule has 6 nitrogen and oxygen atoms in total. The number of nitrogens with one attached hydrogen (secondary N) is 1. The second-order valence-corrected chi connectivity index (χ2v) is 7.10. The number of nitrogens with zero attached hydrogens (tertiary/aromatic N) is 2. The normalized spacial score (nSPS) is 11.6. The van der Waals surface area contributed by atoms with Crippen LogP contribution in [0.3, 0.4) is 0 Å². The van der Waals surface area contributed by atoms with Crippen molar-refractivity contribution < 1.29 is 9.90 Å². The minimum atomic E-state index is -1.05. The molecule has 1 aromatic heterocycles. The van der Waals surface area contributed by atoms with Gasteiger partial charge in [0, 0.05) is 18.0 Å².